The van der Waals surface area contributed by atoms with E-state index in [4.69, 9.17) is 14.2 Å². The number of hydrogen-bond donors (Lipinski definition) is 0. The summed E-state index contributed by atoms with van der Waals surface area (Å²) in [6.07, 6.45) is -0.237. The van der Waals surface area contributed by atoms with Crippen molar-refractivity contribution in [2.24, 2.45) is 0 Å². The summed E-state index contributed by atoms with van der Waals surface area (Å²) in [7, 11) is 0. The number of fused-ring (bicyclic) bond motifs is 6. The van der Waals surface area contributed by atoms with E-state index >= 15 is 4.79 Å². The summed E-state index contributed by atoms with van der Waals surface area (Å²) in [4.78, 5) is 17.1. The van der Waals surface area contributed by atoms with Crippen LogP contribution in [0.1, 0.15) is 66.8 Å². The molecule has 2 unspecified atom stereocenters. The lowest BCUT2D eigenvalue weighted by molar-refractivity contribution is -0.0892. The highest BCUT2D eigenvalue weighted by atomic mass is 16.5. The molecule has 0 aromatic heterocycles. The normalized spacial score (nSPS) is 18.8. The summed E-state index contributed by atoms with van der Waals surface area (Å²) >= 11 is 0. The zero-order chi connectivity index (χ0) is 32.0. The molecule has 0 spiro atoms. The smallest absolute Gasteiger partial charge is 0.261 e. The topological polar surface area (TPSA) is 48.0 Å². The highest BCUT2D eigenvalue weighted by molar-refractivity contribution is 6.24. The molecule has 0 radical (unpaired) electrons. The number of carbonyl (C=O) groups is 1. The number of amides is 1. The second kappa shape index (κ2) is 10.1. The lowest BCUT2D eigenvalue weighted by Gasteiger charge is -2.51. The van der Waals surface area contributed by atoms with Crippen LogP contribution in [0, 0.1) is 0 Å². The molecule has 3 heterocycles. The van der Waals surface area contributed by atoms with Crippen molar-refractivity contribution < 1.29 is 19.0 Å². The lowest BCUT2D eigenvalue weighted by atomic mass is 9.78. The first-order valence-electron chi connectivity index (χ1n) is 16.2. The van der Waals surface area contributed by atoms with Crippen LogP contribution in [0.4, 0.5) is 5.69 Å². The van der Waals surface area contributed by atoms with Crippen LogP contribution in [0.25, 0.3) is 33.0 Å². The SMILES string of the molecule is CC(C)c1cccc2c1N1C(=O)c3cc(Oc4ccccc4)c4c5c(c(-c6ccccc6)cc(c35)C1(C)OC2C)Oc1ccccc1-4. The van der Waals surface area contributed by atoms with E-state index in [1.54, 1.807) is 0 Å². The predicted molar refractivity (Wildman–Crippen MR) is 186 cm³/mol. The Kier molecular flexibility index (Phi) is 5.96. The molecular weight excluding hydrogens is 582 g/mol. The van der Waals surface area contributed by atoms with Gasteiger partial charge >= 0.3 is 0 Å². The molecule has 0 N–H and O–H groups in total. The largest absolute Gasteiger partial charge is 0.457 e. The van der Waals surface area contributed by atoms with E-state index in [1.807, 2.05) is 84.6 Å². The van der Waals surface area contributed by atoms with Gasteiger partial charge in [0.2, 0.25) is 0 Å². The van der Waals surface area contributed by atoms with Crippen molar-refractivity contribution >= 4 is 22.4 Å². The Morgan fingerprint density at radius 1 is 0.787 bits per heavy atom. The molecule has 5 heteroatoms. The third-order valence-electron chi connectivity index (χ3n) is 9.89. The minimum absolute atomic E-state index is 0.122. The van der Waals surface area contributed by atoms with Crippen molar-refractivity contribution in [2.75, 3.05) is 4.90 Å². The maximum Gasteiger partial charge on any atom is 0.261 e. The Morgan fingerprint density at radius 3 is 2.28 bits per heavy atom. The molecule has 47 heavy (non-hydrogen) atoms. The fraction of sp³-hybridized carbons (Fsp3) is 0.167. The van der Waals surface area contributed by atoms with E-state index in [9.17, 15) is 0 Å². The zero-order valence-electron chi connectivity index (χ0n) is 26.7. The van der Waals surface area contributed by atoms with E-state index in [-0.39, 0.29) is 17.9 Å². The van der Waals surface area contributed by atoms with Crippen LogP contribution in [-0.4, -0.2) is 5.91 Å². The van der Waals surface area contributed by atoms with Crippen molar-refractivity contribution in [3.8, 4) is 45.3 Å². The summed E-state index contributed by atoms with van der Waals surface area (Å²) in [5, 5.41) is 1.70. The first-order chi connectivity index (χ1) is 22.8. The molecule has 0 saturated carbocycles. The molecule has 5 nitrogen and oxygen atoms in total. The van der Waals surface area contributed by atoms with Crippen LogP contribution in [0.5, 0.6) is 23.0 Å². The molecule has 3 aliphatic heterocycles. The molecule has 0 fully saturated rings. The van der Waals surface area contributed by atoms with Gasteiger partial charge in [-0.1, -0.05) is 98.8 Å². The van der Waals surface area contributed by atoms with E-state index < -0.39 is 5.72 Å². The first kappa shape index (κ1) is 27.9. The minimum atomic E-state index is -1.08. The van der Waals surface area contributed by atoms with Crippen molar-refractivity contribution in [1.29, 1.82) is 0 Å². The second-order valence-corrected chi connectivity index (χ2v) is 13.1. The van der Waals surface area contributed by atoms with Crippen LogP contribution in [0.3, 0.4) is 0 Å². The van der Waals surface area contributed by atoms with Gasteiger partial charge in [0, 0.05) is 38.6 Å². The molecule has 0 saturated heterocycles. The van der Waals surface area contributed by atoms with Gasteiger partial charge < -0.3 is 14.2 Å². The van der Waals surface area contributed by atoms with Gasteiger partial charge in [-0.3, -0.25) is 9.69 Å². The fourth-order valence-electron chi connectivity index (χ4n) is 7.80. The molecule has 0 aliphatic carbocycles. The van der Waals surface area contributed by atoms with E-state index in [2.05, 4.69) is 63.2 Å². The molecule has 6 aromatic rings. The van der Waals surface area contributed by atoms with Gasteiger partial charge in [-0.15, -0.1) is 0 Å². The number of benzene rings is 6. The maximum absolute atomic E-state index is 15.2. The average molecular weight is 616 g/mol. The summed E-state index contributed by atoms with van der Waals surface area (Å²) in [6, 6.07) is 38.5. The van der Waals surface area contributed by atoms with Crippen molar-refractivity contribution in [2.45, 2.75) is 45.4 Å². The lowest BCUT2D eigenvalue weighted by Crippen LogP contribution is -2.55. The number of rotatable bonds is 4. The van der Waals surface area contributed by atoms with Crippen molar-refractivity contribution in [3.05, 3.63) is 138 Å². The van der Waals surface area contributed by atoms with Gasteiger partial charge in [-0.2, -0.15) is 0 Å². The van der Waals surface area contributed by atoms with Crippen LogP contribution in [0.2, 0.25) is 0 Å². The van der Waals surface area contributed by atoms with E-state index in [0.29, 0.717) is 22.8 Å². The standard InChI is InChI=1S/C42H33NO4/c1-24(2)28-19-13-20-29-25(3)47-42(4)33-22-31(26-14-7-5-8-15-26)40-38-36(33)32(41(44)43(42)39(28)29)23-35(45-27-16-9-6-10-17-27)37(38)30-18-11-12-21-34(30)46-40/h5-25H,1-4H3. The predicted octanol–water partition coefficient (Wildman–Crippen LogP) is 11.1. The number of para-hydroxylation sites is 3. The molecule has 1 amide bonds. The Labute approximate surface area is 274 Å². The molecule has 6 aromatic carbocycles. The highest BCUT2D eigenvalue weighted by Crippen LogP contribution is 2.61. The average Bonchev–Trinajstić information content (AvgIpc) is 3.08. The number of ether oxygens (including phenoxy) is 3. The molecule has 2 atom stereocenters. The van der Waals surface area contributed by atoms with Crippen LogP contribution >= 0.6 is 0 Å². The first-order valence-corrected chi connectivity index (χ1v) is 16.2. The van der Waals surface area contributed by atoms with Gasteiger partial charge in [0.05, 0.1) is 17.4 Å². The van der Waals surface area contributed by atoms with E-state index in [1.165, 1.54) is 0 Å². The monoisotopic (exact) mass is 615 g/mol. The van der Waals surface area contributed by atoms with Gasteiger partial charge in [0.25, 0.3) is 5.91 Å². The quantitative estimate of drug-likeness (QED) is 0.198. The molecule has 3 aliphatic rings. The van der Waals surface area contributed by atoms with Gasteiger partial charge in [-0.05, 0) is 61.2 Å². The maximum atomic E-state index is 15.2. The summed E-state index contributed by atoms with van der Waals surface area (Å²) in [5.41, 5.74) is 7.23. The third kappa shape index (κ3) is 3.90. The number of nitrogens with zero attached hydrogens (tertiary/aromatic N) is 1. The van der Waals surface area contributed by atoms with E-state index in [0.717, 1.165) is 61.2 Å². The van der Waals surface area contributed by atoms with Crippen molar-refractivity contribution in [1.82, 2.24) is 0 Å². The van der Waals surface area contributed by atoms with Gasteiger partial charge in [-0.25, -0.2) is 0 Å². The van der Waals surface area contributed by atoms with Crippen LogP contribution < -0.4 is 14.4 Å². The molecule has 9 rings (SSSR count). The van der Waals surface area contributed by atoms with Crippen LogP contribution in [-0.2, 0) is 10.5 Å². The number of hydrogen-bond acceptors (Lipinski definition) is 4. The van der Waals surface area contributed by atoms with Crippen LogP contribution in [0.15, 0.2) is 115 Å². The Balaban J connectivity index is 1.45. The Hall–Kier alpha value is -5.39. The van der Waals surface area contributed by atoms with Crippen molar-refractivity contribution in [3.63, 3.8) is 0 Å². The van der Waals surface area contributed by atoms with Gasteiger partial charge in [0.15, 0.2) is 5.72 Å². The highest BCUT2D eigenvalue weighted by Gasteiger charge is 2.52. The fourth-order valence-corrected chi connectivity index (χ4v) is 7.80. The zero-order valence-corrected chi connectivity index (χ0v) is 26.7. The summed E-state index contributed by atoms with van der Waals surface area (Å²) in [5.74, 6) is 2.82. The van der Waals surface area contributed by atoms with Gasteiger partial charge in [0.1, 0.15) is 23.0 Å². The minimum Gasteiger partial charge on any atom is -0.457 e. The number of anilines is 1. The summed E-state index contributed by atoms with van der Waals surface area (Å²) in [6.45, 7) is 8.48. The molecule has 0 bridgehead atoms. The summed E-state index contributed by atoms with van der Waals surface area (Å²) < 4.78 is 20.5. The third-order valence-corrected chi connectivity index (χ3v) is 9.89. The molecular formula is C42H33NO4. The second-order valence-electron chi connectivity index (χ2n) is 13.1. The Bertz CT molecular complexity index is 2250. The number of carbonyl (C=O) groups excluding carboxylic acids is 1. The Morgan fingerprint density at radius 2 is 1.51 bits per heavy atom. The molecule has 230 valence electrons.